The fourth-order valence-electron chi connectivity index (χ4n) is 3.95. The van der Waals surface area contributed by atoms with Gasteiger partial charge in [-0.3, -0.25) is 0 Å². The highest BCUT2D eigenvalue weighted by molar-refractivity contribution is 9.24. The Kier molecular flexibility index (Phi) is 6.37. The number of nitrogens with zero attached hydrogens (tertiary/aromatic N) is 3. The van der Waals surface area contributed by atoms with Gasteiger partial charge in [0.25, 0.3) is 0 Å². The molecular formula is C22H24Br2N4O. The number of halogens is 2. The standard InChI is InChI=1S/C22H24Br2N4O/c1-2-28-11-5-6-15(13-28)25-22-17-8-4-3-7-16(17)20(26-27-22)18-10-9-14(21(23)24)12-19(18)29/h3-4,7-10,12,15,21,29H,2,5-6,11,13H2,1H3,(H,25,27). The molecule has 29 heavy (non-hydrogen) atoms. The van der Waals surface area contributed by atoms with Gasteiger partial charge in [-0.2, -0.15) is 0 Å². The summed E-state index contributed by atoms with van der Waals surface area (Å²) in [5, 5.41) is 25.2. The van der Waals surface area contributed by atoms with Crippen LogP contribution in [0, 0.1) is 0 Å². The van der Waals surface area contributed by atoms with E-state index in [1.165, 1.54) is 13.0 Å². The molecule has 1 fully saturated rings. The maximum Gasteiger partial charge on any atom is 0.156 e. The van der Waals surface area contributed by atoms with Crippen LogP contribution in [0.15, 0.2) is 42.5 Å². The number of aromatic hydroxyl groups is 1. The molecule has 2 heterocycles. The molecule has 0 radical (unpaired) electrons. The number of fused-ring (bicyclic) bond motifs is 1. The predicted molar refractivity (Wildman–Crippen MR) is 126 cm³/mol. The zero-order valence-electron chi connectivity index (χ0n) is 16.3. The minimum atomic E-state index is -0.0115. The molecule has 152 valence electrons. The number of likely N-dealkylation sites (N-methyl/N-ethyl adjacent to an activating group) is 1. The number of rotatable bonds is 5. The molecule has 2 aromatic carbocycles. The number of phenols is 1. The molecule has 1 aliphatic heterocycles. The Morgan fingerprint density at radius 3 is 2.69 bits per heavy atom. The first-order chi connectivity index (χ1) is 14.1. The number of nitrogens with one attached hydrogen (secondary N) is 1. The van der Waals surface area contributed by atoms with Crippen molar-refractivity contribution in [3.05, 3.63) is 48.0 Å². The SMILES string of the molecule is CCN1CCCC(Nc2nnc(-c3ccc(C(Br)Br)cc3O)c3ccccc23)C1. The highest BCUT2D eigenvalue weighted by Crippen LogP contribution is 2.38. The molecule has 7 heteroatoms. The van der Waals surface area contributed by atoms with Gasteiger partial charge >= 0.3 is 0 Å². The summed E-state index contributed by atoms with van der Waals surface area (Å²) >= 11 is 6.94. The first kappa shape index (κ1) is 20.6. The van der Waals surface area contributed by atoms with Crippen LogP contribution in [-0.4, -0.2) is 45.9 Å². The van der Waals surface area contributed by atoms with Crippen LogP contribution >= 0.6 is 31.9 Å². The molecule has 1 atom stereocenters. The Balaban J connectivity index is 1.71. The lowest BCUT2D eigenvalue weighted by molar-refractivity contribution is 0.226. The van der Waals surface area contributed by atoms with Crippen molar-refractivity contribution >= 4 is 48.5 Å². The summed E-state index contributed by atoms with van der Waals surface area (Å²) < 4.78 is -0.0115. The van der Waals surface area contributed by atoms with Crippen molar-refractivity contribution in [2.75, 3.05) is 25.0 Å². The Morgan fingerprint density at radius 1 is 1.17 bits per heavy atom. The van der Waals surface area contributed by atoms with Gasteiger partial charge in [-0.15, -0.1) is 10.2 Å². The average molecular weight is 520 g/mol. The highest BCUT2D eigenvalue weighted by Gasteiger charge is 2.21. The zero-order chi connectivity index (χ0) is 20.4. The van der Waals surface area contributed by atoms with E-state index in [0.29, 0.717) is 17.3 Å². The van der Waals surface area contributed by atoms with Crippen molar-refractivity contribution in [1.82, 2.24) is 15.1 Å². The average Bonchev–Trinajstić information content (AvgIpc) is 2.74. The predicted octanol–water partition coefficient (Wildman–Crippen LogP) is 5.69. The third-order valence-electron chi connectivity index (χ3n) is 5.51. The van der Waals surface area contributed by atoms with Crippen molar-refractivity contribution in [2.45, 2.75) is 29.5 Å². The monoisotopic (exact) mass is 518 g/mol. The number of hydrogen-bond donors (Lipinski definition) is 2. The lowest BCUT2D eigenvalue weighted by Gasteiger charge is -2.32. The fraction of sp³-hybridized carbons (Fsp3) is 0.364. The van der Waals surface area contributed by atoms with Gasteiger partial charge in [0, 0.05) is 28.9 Å². The lowest BCUT2D eigenvalue weighted by Crippen LogP contribution is -2.42. The number of phenolic OH excluding ortho intramolecular Hbond substituents is 1. The number of hydrogen-bond acceptors (Lipinski definition) is 5. The van der Waals surface area contributed by atoms with Crippen molar-refractivity contribution in [1.29, 1.82) is 0 Å². The largest absolute Gasteiger partial charge is 0.507 e. The van der Waals surface area contributed by atoms with E-state index in [9.17, 15) is 5.11 Å². The molecule has 0 spiro atoms. The quantitative estimate of drug-likeness (QED) is 0.424. The van der Waals surface area contributed by atoms with E-state index in [2.05, 4.69) is 65.3 Å². The third-order valence-corrected chi connectivity index (χ3v) is 6.57. The van der Waals surface area contributed by atoms with Crippen LogP contribution in [0.4, 0.5) is 5.82 Å². The molecule has 0 saturated carbocycles. The maximum atomic E-state index is 10.6. The molecule has 1 unspecified atom stereocenters. The molecular weight excluding hydrogens is 496 g/mol. The van der Waals surface area contributed by atoms with E-state index >= 15 is 0 Å². The first-order valence-corrected chi connectivity index (χ1v) is 11.8. The maximum absolute atomic E-state index is 10.6. The van der Waals surface area contributed by atoms with Gasteiger partial charge in [-0.25, -0.2) is 0 Å². The summed E-state index contributed by atoms with van der Waals surface area (Å²) in [5.41, 5.74) is 2.31. The minimum absolute atomic E-state index is 0.0115. The van der Waals surface area contributed by atoms with Crippen LogP contribution in [-0.2, 0) is 0 Å². The molecule has 4 rings (SSSR count). The Labute approximate surface area is 187 Å². The van der Waals surface area contributed by atoms with E-state index in [1.54, 1.807) is 6.07 Å². The fourth-order valence-corrected chi connectivity index (χ4v) is 4.52. The molecule has 1 aliphatic rings. The number of alkyl halides is 2. The van der Waals surface area contributed by atoms with E-state index in [-0.39, 0.29) is 9.49 Å². The van der Waals surface area contributed by atoms with E-state index < -0.39 is 0 Å². The minimum Gasteiger partial charge on any atom is -0.507 e. The topological polar surface area (TPSA) is 61.3 Å². The van der Waals surface area contributed by atoms with Gasteiger partial charge in [0.05, 0.1) is 3.74 Å². The van der Waals surface area contributed by atoms with Gasteiger partial charge in [0.2, 0.25) is 0 Å². The summed E-state index contributed by atoms with van der Waals surface area (Å²) in [6, 6.07) is 14.1. The lowest BCUT2D eigenvalue weighted by atomic mass is 10.0. The third kappa shape index (κ3) is 4.42. The molecule has 0 aliphatic carbocycles. The number of aromatic nitrogens is 2. The molecule has 3 aromatic rings. The molecule has 0 bridgehead atoms. The first-order valence-electron chi connectivity index (χ1n) is 9.92. The molecule has 0 amide bonds. The van der Waals surface area contributed by atoms with Gasteiger partial charge < -0.3 is 15.3 Å². The van der Waals surface area contributed by atoms with Crippen molar-refractivity contribution < 1.29 is 5.11 Å². The second kappa shape index (κ2) is 8.98. The normalized spacial score (nSPS) is 17.7. The number of piperidine rings is 1. The smallest absolute Gasteiger partial charge is 0.156 e. The molecule has 2 N–H and O–H groups in total. The number of benzene rings is 2. The van der Waals surface area contributed by atoms with Crippen LogP contribution in [0.25, 0.3) is 22.0 Å². The zero-order valence-corrected chi connectivity index (χ0v) is 19.4. The van der Waals surface area contributed by atoms with E-state index in [0.717, 1.165) is 41.7 Å². The molecule has 5 nitrogen and oxygen atoms in total. The number of anilines is 1. The second-order valence-corrected chi connectivity index (χ2v) is 10.5. The molecule has 1 saturated heterocycles. The summed E-state index contributed by atoms with van der Waals surface area (Å²) in [4.78, 5) is 2.46. The second-order valence-electron chi connectivity index (χ2n) is 7.40. The summed E-state index contributed by atoms with van der Waals surface area (Å²) in [6.07, 6.45) is 2.33. The Hall–Kier alpha value is -1.70. The van der Waals surface area contributed by atoms with Crippen LogP contribution < -0.4 is 5.32 Å². The summed E-state index contributed by atoms with van der Waals surface area (Å²) in [7, 11) is 0. The Morgan fingerprint density at radius 2 is 1.97 bits per heavy atom. The van der Waals surface area contributed by atoms with Crippen LogP contribution in [0.2, 0.25) is 0 Å². The van der Waals surface area contributed by atoms with Crippen molar-refractivity contribution in [3.63, 3.8) is 0 Å². The highest BCUT2D eigenvalue weighted by atomic mass is 79.9. The van der Waals surface area contributed by atoms with Crippen LogP contribution in [0.1, 0.15) is 29.1 Å². The van der Waals surface area contributed by atoms with Crippen molar-refractivity contribution in [3.8, 4) is 17.0 Å². The van der Waals surface area contributed by atoms with Gasteiger partial charge in [-0.05, 0) is 43.6 Å². The van der Waals surface area contributed by atoms with Crippen molar-refractivity contribution in [2.24, 2.45) is 0 Å². The summed E-state index contributed by atoms with van der Waals surface area (Å²) in [5.74, 6) is 1.00. The molecule has 1 aromatic heterocycles. The van der Waals surface area contributed by atoms with E-state index in [1.807, 2.05) is 30.3 Å². The van der Waals surface area contributed by atoms with Gasteiger partial charge in [-0.1, -0.05) is 69.1 Å². The Bertz CT molecular complexity index is 1010. The summed E-state index contributed by atoms with van der Waals surface area (Å²) in [6.45, 7) is 5.47. The van der Waals surface area contributed by atoms with Crippen LogP contribution in [0.3, 0.4) is 0 Å². The van der Waals surface area contributed by atoms with E-state index in [4.69, 9.17) is 0 Å². The van der Waals surface area contributed by atoms with Gasteiger partial charge in [0.1, 0.15) is 11.4 Å². The number of likely N-dealkylation sites (tertiary alicyclic amines) is 1. The van der Waals surface area contributed by atoms with Crippen LogP contribution in [0.5, 0.6) is 5.75 Å². The van der Waals surface area contributed by atoms with Gasteiger partial charge in [0.15, 0.2) is 5.82 Å².